The molecule has 0 aliphatic carbocycles. The zero-order valence-corrected chi connectivity index (χ0v) is 17.6. The number of thioether (sulfide) groups is 2. The number of amides is 1. The summed E-state index contributed by atoms with van der Waals surface area (Å²) in [6.07, 6.45) is 2.59. The van der Waals surface area contributed by atoms with Crippen LogP contribution in [0.25, 0.3) is 0 Å². The molecule has 0 saturated heterocycles. The zero-order valence-electron chi connectivity index (χ0n) is 15.1. The molecular weight excluding hydrogens is 420 g/mol. The van der Waals surface area contributed by atoms with Crippen LogP contribution in [-0.4, -0.2) is 49.0 Å². The van der Waals surface area contributed by atoms with Crippen LogP contribution in [0, 0.1) is 6.92 Å². The number of anilines is 2. The standard InChI is InChI=1S/C15H18N8O2S3/c1-3-6-26-15-23-22-14(28-15)17-11(24)8-27-13-18-12(20-21-13)19-16-7-10-5-4-9(2)25-10/h4-5,7H,3,6,8H2,1-2H3,(H,17,22,24)(H2,18,19,20,21)/b16-7+. The van der Waals surface area contributed by atoms with Gasteiger partial charge >= 0.3 is 0 Å². The van der Waals surface area contributed by atoms with Crippen molar-refractivity contribution >= 4 is 58.1 Å². The van der Waals surface area contributed by atoms with Crippen LogP contribution in [0.2, 0.25) is 0 Å². The number of aryl methyl sites for hydroxylation is 1. The summed E-state index contributed by atoms with van der Waals surface area (Å²) in [7, 11) is 0. The summed E-state index contributed by atoms with van der Waals surface area (Å²) < 4.78 is 6.21. The molecule has 0 fully saturated rings. The predicted octanol–water partition coefficient (Wildman–Crippen LogP) is 3.24. The Kier molecular flexibility index (Phi) is 7.45. The third-order valence-corrected chi connectivity index (χ3v) is 6.03. The van der Waals surface area contributed by atoms with E-state index in [1.165, 1.54) is 29.3 Å². The van der Waals surface area contributed by atoms with Gasteiger partial charge < -0.3 is 4.42 Å². The highest BCUT2D eigenvalue weighted by atomic mass is 32.2. The first-order valence-corrected chi connectivity index (χ1v) is 11.1. The summed E-state index contributed by atoms with van der Waals surface area (Å²) in [5, 5.41) is 22.4. The zero-order chi connectivity index (χ0) is 19.8. The molecule has 3 aromatic heterocycles. The van der Waals surface area contributed by atoms with Crippen molar-refractivity contribution < 1.29 is 9.21 Å². The number of carbonyl (C=O) groups is 1. The molecule has 1 amide bonds. The van der Waals surface area contributed by atoms with Crippen LogP contribution < -0.4 is 10.7 Å². The Labute approximate surface area is 173 Å². The summed E-state index contributed by atoms with van der Waals surface area (Å²) in [4.78, 5) is 16.2. The lowest BCUT2D eigenvalue weighted by Gasteiger charge is -1.98. The summed E-state index contributed by atoms with van der Waals surface area (Å²) in [6, 6.07) is 3.66. The number of carbonyl (C=O) groups excluding carboxylic acids is 1. The normalized spacial score (nSPS) is 11.2. The Morgan fingerprint density at radius 1 is 1.39 bits per heavy atom. The molecule has 13 heteroatoms. The molecule has 28 heavy (non-hydrogen) atoms. The second-order valence-corrected chi connectivity index (χ2v) is 8.61. The Balaban J connectivity index is 1.41. The fourth-order valence-corrected chi connectivity index (χ4v) is 4.13. The van der Waals surface area contributed by atoms with Crippen LogP contribution >= 0.6 is 34.9 Å². The summed E-state index contributed by atoms with van der Waals surface area (Å²) >= 11 is 4.19. The van der Waals surface area contributed by atoms with E-state index >= 15 is 0 Å². The highest BCUT2D eigenvalue weighted by Crippen LogP contribution is 2.26. The SMILES string of the molecule is CCCSc1nnc(NC(=O)CSc2n[nH]c(N/N=C/c3ccc(C)o3)n2)s1. The fourth-order valence-electron chi connectivity index (χ4n) is 1.83. The van der Waals surface area contributed by atoms with Gasteiger partial charge in [-0.25, -0.2) is 10.5 Å². The van der Waals surface area contributed by atoms with Crippen molar-refractivity contribution in [2.45, 2.75) is 29.8 Å². The van der Waals surface area contributed by atoms with Gasteiger partial charge in [-0.15, -0.1) is 15.3 Å². The number of aromatic nitrogens is 5. The van der Waals surface area contributed by atoms with E-state index in [1.807, 2.05) is 19.1 Å². The molecule has 0 atom stereocenters. The second-order valence-electron chi connectivity index (χ2n) is 5.34. The number of aromatic amines is 1. The Hall–Kier alpha value is -2.38. The average Bonchev–Trinajstić information content (AvgIpc) is 3.40. The Bertz CT molecular complexity index is 935. The van der Waals surface area contributed by atoms with Gasteiger partial charge in [0, 0.05) is 5.75 Å². The largest absolute Gasteiger partial charge is 0.460 e. The van der Waals surface area contributed by atoms with E-state index in [0.29, 0.717) is 22.0 Å². The number of hydrazone groups is 1. The summed E-state index contributed by atoms with van der Waals surface area (Å²) in [5.74, 6) is 2.74. The first-order chi connectivity index (χ1) is 13.6. The molecular formula is C15H18N8O2S3. The maximum Gasteiger partial charge on any atom is 0.240 e. The van der Waals surface area contributed by atoms with Crippen molar-refractivity contribution in [3.63, 3.8) is 0 Å². The average molecular weight is 439 g/mol. The molecule has 3 rings (SSSR count). The van der Waals surface area contributed by atoms with Gasteiger partial charge in [-0.3, -0.25) is 10.1 Å². The van der Waals surface area contributed by atoms with Crippen LogP contribution in [0.4, 0.5) is 11.1 Å². The lowest BCUT2D eigenvalue weighted by atomic mass is 10.4. The van der Waals surface area contributed by atoms with Crippen LogP contribution in [0.3, 0.4) is 0 Å². The van der Waals surface area contributed by atoms with Crippen molar-refractivity contribution in [2.24, 2.45) is 5.10 Å². The van der Waals surface area contributed by atoms with Gasteiger partial charge in [0.1, 0.15) is 11.5 Å². The maximum absolute atomic E-state index is 12.0. The number of nitrogens with one attached hydrogen (secondary N) is 3. The predicted molar refractivity (Wildman–Crippen MR) is 111 cm³/mol. The minimum atomic E-state index is -0.196. The molecule has 3 aromatic rings. The van der Waals surface area contributed by atoms with Crippen molar-refractivity contribution in [1.82, 2.24) is 25.4 Å². The van der Waals surface area contributed by atoms with Gasteiger partial charge in [-0.05, 0) is 25.5 Å². The number of nitrogens with zero attached hydrogens (tertiary/aromatic N) is 5. The van der Waals surface area contributed by atoms with E-state index in [9.17, 15) is 4.79 Å². The van der Waals surface area contributed by atoms with E-state index in [0.717, 1.165) is 22.3 Å². The van der Waals surface area contributed by atoms with Crippen LogP contribution in [0.5, 0.6) is 0 Å². The number of rotatable bonds is 10. The Morgan fingerprint density at radius 2 is 2.29 bits per heavy atom. The van der Waals surface area contributed by atoms with E-state index in [4.69, 9.17) is 4.42 Å². The number of hydrogen-bond donors (Lipinski definition) is 3. The Morgan fingerprint density at radius 3 is 3.07 bits per heavy atom. The molecule has 0 bridgehead atoms. The first kappa shape index (κ1) is 20.4. The minimum absolute atomic E-state index is 0.156. The molecule has 0 spiro atoms. The minimum Gasteiger partial charge on any atom is -0.460 e. The first-order valence-electron chi connectivity index (χ1n) is 8.29. The van der Waals surface area contributed by atoms with E-state index in [1.54, 1.807) is 11.8 Å². The summed E-state index contributed by atoms with van der Waals surface area (Å²) in [5.41, 5.74) is 2.72. The third kappa shape index (κ3) is 6.35. The number of hydrogen-bond acceptors (Lipinski definition) is 11. The van der Waals surface area contributed by atoms with Crippen molar-refractivity contribution in [3.8, 4) is 0 Å². The van der Waals surface area contributed by atoms with E-state index in [-0.39, 0.29) is 11.7 Å². The highest BCUT2D eigenvalue weighted by molar-refractivity contribution is 8.01. The maximum atomic E-state index is 12.0. The molecule has 0 aliphatic rings. The van der Waals surface area contributed by atoms with Crippen LogP contribution in [0.15, 0.2) is 31.1 Å². The monoisotopic (exact) mass is 438 g/mol. The summed E-state index contributed by atoms with van der Waals surface area (Å²) in [6.45, 7) is 3.96. The molecule has 3 N–H and O–H groups in total. The highest BCUT2D eigenvalue weighted by Gasteiger charge is 2.11. The van der Waals surface area contributed by atoms with Gasteiger partial charge in [-0.2, -0.15) is 10.1 Å². The second kappa shape index (κ2) is 10.2. The third-order valence-electron chi connectivity index (χ3n) is 3.00. The molecule has 3 heterocycles. The van der Waals surface area contributed by atoms with E-state index < -0.39 is 0 Å². The van der Waals surface area contributed by atoms with Gasteiger partial charge in [0.05, 0.1) is 12.0 Å². The molecule has 10 nitrogen and oxygen atoms in total. The van der Waals surface area contributed by atoms with Gasteiger partial charge in [-0.1, -0.05) is 41.8 Å². The van der Waals surface area contributed by atoms with Gasteiger partial charge in [0.25, 0.3) is 0 Å². The smallest absolute Gasteiger partial charge is 0.240 e. The molecule has 0 saturated carbocycles. The van der Waals surface area contributed by atoms with Crippen molar-refractivity contribution in [2.75, 3.05) is 22.2 Å². The molecule has 0 aliphatic heterocycles. The molecule has 148 valence electrons. The quantitative estimate of drug-likeness (QED) is 0.189. The molecule has 0 unspecified atom stereocenters. The van der Waals surface area contributed by atoms with Crippen LogP contribution in [-0.2, 0) is 4.79 Å². The fraction of sp³-hybridized carbons (Fsp3) is 0.333. The number of furan rings is 1. The van der Waals surface area contributed by atoms with E-state index in [2.05, 4.69) is 48.1 Å². The van der Waals surface area contributed by atoms with Gasteiger partial charge in [0.15, 0.2) is 4.34 Å². The topological polar surface area (TPSA) is 134 Å². The lowest BCUT2D eigenvalue weighted by Crippen LogP contribution is -2.13. The van der Waals surface area contributed by atoms with Crippen molar-refractivity contribution in [1.29, 1.82) is 0 Å². The number of H-pyrrole nitrogens is 1. The molecule has 0 radical (unpaired) electrons. The van der Waals surface area contributed by atoms with Crippen LogP contribution in [0.1, 0.15) is 24.9 Å². The lowest BCUT2D eigenvalue weighted by molar-refractivity contribution is -0.113. The van der Waals surface area contributed by atoms with Gasteiger partial charge in [0.2, 0.25) is 22.1 Å². The molecule has 0 aromatic carbocycles. The van der Waals surface area contributed by atoms with Crippen molar-refractivity contribution in [3.05, 3.63) is 23.7 Å².